The molecular weight excluding hydrogens is 1350 g/mol. The van der Waals surface area contributed by atoms with Gasteiger partial charge in [0, 0.05) is 116 Å². The van der Waals surface area contributed by atoms with Crippen molar-refractivity contribution in [2.75, 3.05) is 105 Å². The van der Waals surface area contributed by atoms with Gasteiger partial charge in [0.1, 0.15) is 30.0 Å². The summed E-state index contributed by atoms with van der Waals surface area (Å²) in [5.41, 5.74) is 2.64. The summed E-state index contributed by atoms with van der Waals surface area (Å²) in [7, 11) is 0. The number of rotatable bonds is 45. The van der Waals surface area contributed by atoms with Crippen molar-refractivity contribution in [3.05, 3.63) is 83.4 Å². The minimum atomic E-state index is -1.29. The van der Waals surface area contributed by atoms with Gasteiger partial charge in [-0.15, -0.1) is 0 Å². The van der Waals surface area contributed by atoms with Crippen LogP contribution < -0.4 is 37.2 Å². The molecule has 3 aromatic rings. The quantitative estimate of drug-likeness (QED) is 0.0285. The van der Waals surface area contributed by atoms with Crippen LogP contribution in [-0.2, 0) is 75.2 Å². The summed E-state index contributed by atoms with van der Waals surface area (Å²) in [6.45, 7) is 5.89. The van der Waals surface area contributed by atoms with Crippen molar-refractivity contribution in [2.24, 2.45) is 23.7 Å². The molecule has 0 bridgehead atoms. The molecular formula is C73H107N11O20. The Balaban J connectivity index is 1.22. The summed E-state index contributed by atoms with van der Waals surface area (Å²) in [5, 5.41) is 89.1. The van der Waals surface area contributed by atoms with Crippen molar-refractivity contribution in [3.8, 4) is 0 Å². The number of ketones is 1. The largest absolute Gasteiger partial charge is 0.481 e. The first kappa shape index (κ1) is 85.6. The third-order valence-electron chi connectivity index (χ3n) is 18.9. The fourth-order valence-electron chi connectivity index (χ4n) is 12.9. The van der Waals surface area contributed by atoms with Gasteiger partial charge >= 0.3 is 41.8 Å². The molecule has 104 heavy (non-hydrogen) atoms. The van der Waals surface area contributed by atoms with Crippen LogP contribution >= 0.6 is 0 Å². The minimum Gasteiger partial charge on any atom is -0.481 e. The van der Waals surface area contributed by atoms with E-state index in [4.69, 9.17) is 5.11 Å². The van der Waals surface area contributed by atoms with Crippen molar-refractivity contribution >= 4 is 87.9 Å². The normalized spacial score (nSPS) is 17.7. The maximum absolute atomic E-state index is 14.3. The molecule has 14 N–H and O–H groups in total. The zero-order valence-electron chi connectivity index (χ0n) is 59.9. The molecule has 574 valence electrons. The number of amides is 5. The summed E-state index contributed by atoms with van der Waals surface area (Å²) in [6.07, 6.45) is 2.91. The molecule has 31 heteroatoms. The fourth-order valence-corrected chi connectivity index (χ4v) is 12.9. The van der Waals surface area contributed by atoms with Crippen LogP contribution in [0.5, 0.6) is 0 Å². The average Bonchev–Trinajstić information content (AvgIpc) is 0.839. The van der Waals surface area contributed by atoms with Crippen LogP contribution in [0.1, 0.15) is 133 Å². The van der Waals surface area contributed by atoms with E-state index >= 15 is 0 Å². The summed E-state index contributed by atoms with van der Waals surface area (Å²) >= 11 is 0. The summed E-state index contributed by atoms with van der Waals surface area (Å²) in [4.78, 5) is 172. The molecule has 5 rings (SSSR count). The molecule has 31 nitrogen and oxygen atoms in total. The molecule has 0 radical (unpaired) electrons. The Bertz CT molecular complexity index is 3320. The lowest BCUT2D eigenvalue weighted by Gasteiger charge is -2.33. The van der Waals surface area contributed by atoms with E-state index < -0.39 is 120 Å². The number of nitrogens with zero attached hydrogens (tertiary/aromatic N) is 4. The molecule has 6 unspecified atom stereocenters. The predicted octanol–water partition coefficient (Wildman–Crippen LogP) is 2.28. The standard InChI is InChI=1S/C73H107N11O20/c1-47(2)36-49-14-19-52(20-15-49)48(3)61(85)39-56(71(99)100)40-62(86)74-26-8-6-12-57(79-63(87)42-81-28-30-82(43-65(90)91)32-34-84(45-67(94)95)35-33-83(31-29-81)44-66(92)93)69(97)76-41-50-16-22-54(23-17-50)68(96)80-60(38-51-18-21-53-10-4-5-11-55(53)37-51)70(98)75-27-9-7-13-58(72(101)102)77-46-78-59(73(103)104)24-25-64(88)89/h4-5,10-11,14-15,18-21,37,47-48,50,54,56-60,77-78H,6-9,12-13,16-17,22-36,38-46H2,1-3H3,(H,74,86)(H,75,98)(H,76,97)(H,79,87)(H,80,96)(H,88,89)(H,90,91)(H,92,93)(H,94,95)(H,99,100)(H,101,102)(H,103,104). The van der Waals surface area contributed by atoms with Crippen LogP contribution in [0.25, 0.3) is 10.8 Å². The van der Waals surface area contributed by atoms with Gasteiger partial charge in [-0.25, -0.2) is 0 Å². The molecule has 3 aromatic carbocycles. The topological polar surface area (TPSA) is 461 Å². The highest BCUT2D eigenvalue weighted by Crippen LogP contribution is 2.29. The van der Waals surface area contributed by atoms with Gasteiger partial charge in [-0.2, -0.15) is 0 Å². The molecule has 1 saturated carbocycles. The molecule has 0 spiro atoms. The third kappa shape index (κ3) is 32.8. The Morgan fingerprint density at radius 2 is 0.962 bits per heavy atom. The lowest BCUT2D eigenvalue weighted by Crippen LogP contribution is -2.52. The SMILES string of the molecule is CC(C)Cc1ccc(C(C)C(=O)CC(CC(=O)NCCCCC(NC(=O)CN2CCN(CC(=O)O)CCN(CC(=O)O)CCN(CC(=O)O)CC2)C(=O)NCC2CCC(C(=O)NC(Cc3ccc4ccccc4c3)C(=O)NCCCCC(NCNC(CCC(=O)O)C(=O)O)C(=O)O)CC2)C(=O)O)cc1. The number of hydrogen-bond acceptors (Lipinski definition) is 19. The van der Waals surface area contributed by atoms with Crippen LogP contribution in [0.4, 0.5) is 0 Å². The summed E-state index contributed by atoms with van der Waals surface area (Å²) < 4.78 is 0. The van der Waals surface area contributed by atoms with Crippen molar-refractivity contribution in [1.82, 2.24) is 56.8 Å². The predicted molar refractivity (Wildman–Crippen MR) is 382 cm³/mol. The smallest absolute Gasteiger partial charge is 0.320 e. The molecule has 2 fully saturated rings. The van der Waals surface area contributed by atoms with Crippen LogP contribution in [0.15, 0.2) is 66.7 Å². The second-order valence-electron chi connectivity index (χ2n) is 27.7. The maximum atomic E-state index is 14.3. The molecule has 0 aromatic heterocycles. The van der Waals surface area contributed by atoms with E-state index in [9.17, 15) is 93.0 Å². The van der Waals surface area contributed by atoms with Gasteiger partial charge in [-0.05, 0) is 116 Å². The highest BCUT2D eigenvalue weighted by molar-refractivity contribution is 5.92. The van der Waals surface area contributed by atoms with Gasteiger partial charge in [0.15, 0.2) is 0 Å². The Hall–Kier alpha value is -9.01. The summed E-state index contributed by atoms with van der Waals surface area (Å²) in [6, 6.07) is 16.6. The number of carboxylic acids is 7. The van der Waals surface area contributed by atoms with E-state index in [1.54, 1.807) is 26.5 Å². The molecule has 1 heterocycles. The first-order chi connectivity index (χ1) is 49.5. The van der Waals surface area contributed by atoms with E-state index in [-0.39, 0.29) is 161 Å². The second-order valence-corrected chi connectivity index (χ2v) is 27.7. The number of aliphatic carboxylic acids is 7. The first-order valence-electron chi connectivity index (χ1n) is 35.9. The molecule has 6 atom stereocenters. The number of carbonyl (C=O) groups is 13. The van der Waals surface area contributed by atoms with Crippen LogP contribution in [-0.4, -0.2) is 261 Å². The van der Waals surface area contributed by atoms with Crippen molar-refractivity contribution < 1.29 is 98.1 Å². The Kier molecular flexibility index (Phi) is 37.3. The first-order valence-corrected chi connectivity index (χ1v) is 35.9. The third-order valence-corrected chi connectivity index (χ3v) is 18.9. The average molecular weight is 1460 g/mol. The van der Waals surface area contributed by atoms with Crippen molar-refractivity contribution in [1.29, 1.82) is 0 Å². The van der Waals surface area contributed by atoms with E-state index in [1.165, 1.54) is 0 Å². The minimum absolute atomic E-state index is 0.0739. The van der Waals surface area contributed by atoms with E-state index in [2.05, 4.69) is 51.1 Å². The lowest BCUT2D eigenvalue weighted by molar-refractivity contribution is -0.146. The Morgan fingerprint density at radius 1 is 0.462 bits per heavy atom. The van der Waals surface area contributed by atoms with Gasteiger partial charge in [-0.1, -0.05) is 87.5 Å². The fraction of sp³-hybridized carbons (Fsp3) is 0.603. The number of fused-ring (bicyclic) bond motifs is 1. The van der Waals surface area contributed by atoms with Crippen LogP contribution in [0.3, 0.4) is 0 Å². The molecule has 5 amide bonds. The van der Waals surface area contributed by atoms with Crippen LogP contribution in [0, 0.1) is 23.7 Å². The van der Waals surface area contributed by atoms with Gasteiger partial charge in [0.2, 0.25) is 29.5 Å². The van der Waals surface area contributed by atoms with Gasteiger partial charge in [-0.3, -0.25) is 92.6 Å². The van der Waals surface area contributed by atoms with Crippen molar-refractivity contribution in [3.63, 3.8) is 0 Å². The molecule has 1 aliphatic heterocycles. The zero-order chi connectivity index (χ0) is 76.3. The number of carboxylic acid groups (broad SMARTS) is 7. The maximum Gasteiger partial charge on any atom is 0.320 e. The Labute approximate surface area is 606 Å². The lowest BCUT2D eigenvalue weighted by atomic mass is 9.81. The van der Waals surface area contributed by atoms with Gasteiger partial charge in [0.25, 0.3) is 0 Å². The van der Waals surface area contributed by atoms with Gasteiger partial charge in [0.05, 0.1) is 32.1 Å². The van der Waals surface area contributed by atoms with E-state index in [0.29, 0.717) is 50.9 Å². The number of unbranched alkanes of at least 4 members (excludes halogenated alkanes) is 2. The Morgan fingerprint density at radius 3 is 1.48 bits per heavy atom. The second kappa shape index (κ2) is 45.3. The number of hydrogen-bond donors (Lipinski definition) is 14. The van der Waals surface area contributed by atoms with E-state index in [1.807, 2.05) is 66.7 Å². The number of Topliss-reactive ketones (excluding diaryl/α,β-unsaturated/α-hetero) is 1. The number of benzene rings is 3. The molecule has 1 saturated heterocycles. The molecule has 1 aliphatic carbocycles. The van der Waals surface area contributed by atoms with E-state index in [0.717, 1.165) is 33.9 Å². The zero-order valence-corrected chi connectivity index (χ0v) is 59.9. The van der Waals surface area contributed by atoms with Crippen LogP contribution in [0.2, 0.25) is 0 Å². The highest BCUT2D eigenvalue weighted by Gasteiger charge is 2.33. The highest BCUT2D eigenvalue weighted by atomic mass is 16.4. The van der Waals surface area contributed by atoms with Gasteiger partial charge < -0.3 is 62.3 Å². The molecule has 2 aliphatic rings. The summed E-state index contributed by atoms with van der Waals surface area (Å²) in [5.74, 6) is -13.1. The number of nitrogens with one attached hydrogen (secondary N) is 7. The monoisotopic (exact) mass is 1460 g/mol. The van der Waals surface area contributed by atoms with Crippen molar-refractivity contribution in [2.45, 2.75) is 154 Å². The number of carbonyl (C=O) groups excluding carboxylic acids is 6.